The van der Waals surface area contributed by atoms with E-state index in [2.05, 4.69) is 29.4 Å². The van der Waals surface area contributed by atoms with Gasteiger partial charge in [-0.1, -0.05) is 50.8 Å². The first-order valence-corrected chi connectivity index (χ1v) is 12.9. The highest BCUT2D eigenvalue weighted by Gasteiger charge is 2.25. The van der Waals surface area contributed by atoms with E-state index in [1.807, 2.05) is 12.1 Å². The number of aliphatic carboxylic acids is 1. The molecule has 0 bridgehead atoms. The fraction of sp³-hybridized carbons (Fsp3) is 0.429. The molecule has 9 heteroatoms. The lowest BCUT2D eigenvalue weighted by atomic mass is 9.92. The van der Waals surface area contributed by atoms with E-state index in [9.17, 15) is 19.1 Å². The number of amides is 2. The first-order chi connectivity index (χ1) is 17.7. The zero-order valence-corrected chi connectivity index (χ0v) is 22.3. The second kappa shape index (κ2) is 13.4. The standard InChI is InChI=1S/C28H35ClFN3O4/c1-18(2)16-33(22-7-5-4-6-8-22)26-12-9-19(20(17-37-3)14-27(34)35)13-25(26)32-28(36)31-24-11-10-21(29)15-23(24)30/h9-15,18,22H,4-8,16-17H2,1-3H3,(H,34,35)(H2,31,32,36)/b20-14-. The minimum Gasteiger partial charge on any atom is -0.478 e. The Hall–Kier alpha value is -3.10. The predicted molar refractivity (Wildman–Crippen MR) is 147 cm³/mol. The summed E-state index contributed by atoms with van der Waals surface area (Å²) < 4.78 is 19.5. The van der Waals surface area contributed by atoms with Crippen molar-refractivity contribution < 1.29 is 23.8 Å². The van der Waals surface area contributed by atoms with Crippen LogP contribution in [-0.4, -0.2) is 43.4 Å². The Morgan fingerprint density at radius 3 is 2.46 bits per heavy atom. The molecular weight excluding hydrogens is 497 g/mol. The Kier molecular flexibility index (Phi) is 10.3. The van der Waals surface area contributed by atoms with Crippen LogP contribution in [0.15, 0.2) is 42.5 Å². The summed E-state index contributed by atoms with van der Waals surface area (Å²) in [5.74, 6) is -1.36. The van der Waals surface area contributed by atoms with Gasteiger partial charge in [-0.25, -0.2) is 14.0 Å². The summed E-state index contributed by atoms with van der Waals surface area (Å²) in [4.78, 5) is 26.8. The Morgan fingerprint density at radius 2 is 1.84 bits per heavy atom. The van der Waals surface area contributed by atoms with Crippen LogP contribution in [0.3, 0.4) is 0 Å². The summed E-state index contributed by atoms with van der Waals surface area (Å²) >= 11 is 5.83. The number of rotatable bonds is 10. The highest BCUT2D eigenvalue weighted by molar-refractivity contribution is 6.30. The minimum absolute atomic E-state index is 0.00299. The minimum atomic E-state index is -1.09. The largest absolute Gasteiger partial charge is 0.478 e. The Labute approximate surface area is 222 Å². The Morgan fingerprint density at radius 1 is 1.14 bits per heavy atom. The van der Waals surface area contributed by atoms with Gasteiger partial charge in [0, 0.05) is 30.8 Å². The van der Waals surface area contributed by atoms with E-state index in [4.69, 9.17) is 16.3 Å². The number of nitrogens with zero attached hydrogens (tertiary/aromatic N) is 1. The van der Waals surface area contributed by atoms with Crippen LogP contribution in [0.1, 0.15) is 51.5 Å². The molecule has 1 saturated carbocycles. The van der Waals surface area contributed by atoms with Crippen LogP contribution in [0.2, 0.25) is 5.02 Å². The van der Waals surface area contributed by atoms with E-state index in [1.54, 1.807) is 6.07 Å². The van der Waals surface area contributed by atoms with Crippen LogP contribution in [-0.2, 0) is 9.53 Å². The fourth-order valence-electron chi connectivity index (χ4n) is 4.70. The second-order valence-corrected chi connectivity index (χ2v) is 10.2. The first kappa shape index (κ1) is 28.5. The molecule has 0 unspecified atom stereocenters. The van der Waals surface area contributed by atoms with Crippen molar-refractivity contribution in [2.24, 2.45) is 5.92 Å². The number of benzene rings is 2. The molecule has 1 fully saturated rings. The summed E-state index contributed by atoms with van der Waals surface area (Å²) in [5.41, 5.74) is 2.40. The van der Waals surface area contributed by atoms with Crippen molar-refractivity contribution in [3.63, 3.8) is 0 Å². The van der Waals surface area contributed by atoms with Gasteiger partial charge < -0.3 is 25.4 Å². The summed E-state index contributed by atoms with van der Waals surface area (Å²) in [7, 11) is 1.49. The molecule has 3 rings (SSSR count). The van der Waals surface area contributed by atoms with Gasteiger partial charge in [-0.05, 0) is 60.2 Å². The van der Waals surface area contributed by atoms with Gasteiger partial charge in [0.05, 0.1) is 23.7 Å². The van der Waals surface area contributed by atoms with Crippen LogP contribution >= 0.6 is 11.6 Å². The Bertz CT molecular complexity index is 1130. The molecule has 2 amide bonds. The molecule has 200 valence electrons. The molecule has 0 aliphatic heterocycles. The van der Waals surface area contributed by atoms with Crippen molar-refractivity contribution in [3.8, 4) is 0 Å². The monoisotopic (exact) mass is 531 g/mol. The van der Waals surface area contributed by atoms with E-state index in [1.165, 1.54) is 25.7 Å². The average molecular weight is 532 g/mol. The summed E-state index contributed by atoms with van der Waals surface area (Å²) in [6, 6.07) is 9.23. The number of halogens is 2. The molecule has 0 aromatic heterocycles. The van der Waals surface area contributed by atoms with Gasteiger partial charge in [-0.3, -0.25) is 0 Å². The molecule has 1 aliphatic rings. The van der Waals surface area contributed by atoms with Gasteiger partial charge in [-0.15, -0.1) is 0 Å². The molecule has 0 spiro atoms. The lowest BCUT2D eigenvalue weighted by Gasteiger charge is -2.38. The normalized spacial score (nSPS) is 14.5. The Balaban J connectivity index is 2.02. The fourth-order valence-corrected chi connectivity index (χ4v) is 4.85. The number of carbonyl (C=O) groups is 2. The molecule has 0 saturated heterocycles. The van der Waals surface area contributed by atoms with Crippen molar-refractivity contribution in [3.05, 3.63) is 58.9 Å². The number of anilines is 3. The molecule has 1 aliphatic carbocycles. The second-order valence-electron chi connectivity index (χ2n) is 9.71. The van der Waals surface area contributed by atoms with Crippen molar-refractivity contribution in [2.45, 2.75) is 52.0 Å². The molecular formula is C28H35ClFN3O4. The first-order valence-electron chi connectivity index (χ1n) is 12.5. The molecule has 0 atom stereocenters. The third kappa shape index (κ3) is 8.20. The summed E-state index contributed by atoms with van der Waals surface area (Å²) in [6.07, 6.45) is 6.73. The number of methoxy groups -OCH3 is 1. The smallest absolute Gasteiger partial charge is 0.328 e. The maximum Gasteiger partial charge on any atom is 0.328 e. The zero-order chi connectivity index (χ0) is 26.9. The molecule has 2 aromatic rings. The van der Waals surface area contributed by atoms with Crippen LogP contribution in [0.5, 0.6) is 0 Å². The van der Waals surface area contributed by atoms with Gasteiger partial charge in [-0.2, -0.15) is 0 Å². The van der Waals surface area contributed by atoms with Gasteiger partial charge in [0.1, 0.15) is 5.82 Å². The zero-order valence-electron chi connectivity index (χ0n) is 21.5. The number of carboxylic acid groups (broad SMARTS) is 1. The summed E-state index contributed by atoms with van der Waals surface area (Å²) in [5, 5.41) is 15.0. The van der Waals surface area contributed by atoms with Crippen molar-refractivity contribution in [1.29, 1.82) is 0 Å². The van der Waals surface area contributed by atoms with Crippen LogP contribution in [0.4, 0.5) is 26.2 Å². The highest BCUT2D eigenvalue weighted by Crippen LogP contribution is 2.35. The van der Waals surface area contributed by atoms with Gasteiger partial charge in [0.25, 0.3) is 0 Å². The number of urea groups is 1. The molecule has 0 heterocycles. The molecule has 2 aromatic carbocycles. The number of nitrogens with one attached hydrogen (secondary N) is 2. The third-order valence-electron chi connectivity index (χ3n) is 6.28. The lowest BCUT2D eigenvalue weighted by Crippen LogP contribution is -2.40. The lowest BCUT2D eigenvalue weighted by molar-refractivity contribution is -0.131. The van der Waals surface area contributed by atoms with E-state index < -0.39 is 17.8 Å². The number of carbonyl (C=O) groups excluding carboxylic acids is 1. The van der Waals surface area contributed by atoms with Crippen LogP contribution in [0.25, 0.3) is 5.57 Å². The SMILES string of the molecule is COC/C(=C/C(=O)O)c1ccc(N(CC(C)C)C2CCCCC2)c(NC(=O)Nc2ccc(Cl)cc2F)c1. The summed E-state index contributed by atoms with van der Waals surface area (Å²) in [6.45, 7) is 5.19. The topological polar surface area (TPSA) is 90.9 Å². The van der Waals surface area contributed by atoms with Crippen molar-refractivity contribution >= 4 is 46.2 Å². The maximum atomic E-state index is 14.3. The number of ether oxygens (including phenoxy) is 1. The number of carboxylic acids is 1. The highest BCUT2D eigenvalue weighted by atomic mass is 35.5. The van der Waals surface area contributed by atoms with Gasteiger partial charge in [0.2, 0.25) is 0 Å². The van der Waals surface area contributed by atoms with E-state index in [0.717, 1.165) is 50.1 Å². The van der Waals surface area contributed by atoms with Gasteiger partial charge >= 0.3 is 12.0 Å². The van der Waals surface area contributed by atoms with Crippen molar-refractivity contribution in [1.82, 2.24) is 0 Å². The van der Waals surface area contributed by atoms with E-state index >= 15 is 0 Å². The average Bonchev–Trinajstić information content (AvgIpc) is 2.84. The quantitative estimate of drug-likeness (QED) is 0.286. The molecule has 37 heavy (non-hydrogen) atoms. The number of hydrogen-bond acceptors (Lipinski definition) is 4. The molecule has 3 N–H and O–H groups in total. The third-order valence-corrected chi connectivity index (χ3v) is 6.51. The predicted octanol–water partition coefficient (Wildman–Crippen LogP) is 7.03. The van der Waals surface area contributed by atoms with Gasteiger partial charge in [0.15, 0.2) is 0 Å². The van der Waals surface area contributed by atoms with Crippen molar-refractivity contribution in [2.75, 3.05) is 35.8 Å². The van der Waals surface area contributed by atoms with Crippen LogP contribution in [0, 0.1) is 11.7 Å². The van der Waals surface area contributed by atoms with E-state index in [-0.39, 0.29) is 17.3 Å². The number of hydrogen-bond donors (Lipinski definition) is 3. The molecule has 7 nitrogen and oxygen atoms in total. The maximum absolute atomic E-state index is 14.3. The van der Waals surface area contributed by atoms with E-state index in [0.29, 0.717) is 28.8 Å². The van der Waals surface area contributed by atoms with Crippen LogP contribution < -0.4 is 15.5 Å². The molecule has 0 radical (unpaired) electrons.